The number of hydrogen-bond acceptors (Lipinski definition) is 8. The first-order valence-electron chi connectivity index (χ1n) is 13.4. The molecular formula is C32H33FN4O5S. The van der Waals surface area contributed by atoms with Gasteiger partial charge in [0.05, 0.1) is 32.8 Å². The van der Waals surface area contributed by atoms with E-state index in [1.54, 1.807) is 61.7 Å². The molecule has 0 fully saturated rings. The molecule has 9 nitrogen and oxygen atoms in total. The molecular weight excluding hydrogens is 571 g/mol. The van der Waals surface area contributed by atoms with Gasteiger partial charge in [-0.25, -0.2) is 14.4 Å². The van der Waals surface area contributed by atoms with Gasteiger partial charge in [0, 0.05) is 24.0 Å². The summed E-state index contributed by atoms with van der Waals surface area (Å²) in [7, 11) is 4.57. The molecule has 2 amide bonds. The maximum atomic E-state index is 14.1. The molecule has 3 aromatic carbocycles. The quantitative estimate of drug-likeness (QED) is 0.161. The van der Waals surface area contributed by atoms with E-state index >= 15 is 0 Å². The highest BCUT2D eigenvalue weighted by Gasteiger charge is 2.32. The van der Waals surface area contributed by atoms with E-state index in [1.165, 1.54) is 43.0 Å². The van der Waals surface area contributed by atoms with Crippen LogP contribution in [0.3, 0.4) is 0 Å². The molecule has 0 bridgehead atoms. The number of anilines is 1. The van der Waals surface area contributed by atoms with E-state index in [4.69, 9.17) is 14.2 Å². The van der Waals surface area contributed by atoms with E-state index in [-0.39, 0.29) is 18.2 Å². The van der Waals surface area contributed by atoms with Gasteiger partial charge in [-0.2, -0.15) is 0 Å². The number of aromatic nitrogens is 2. The third-order valence-corrected chi connectivity index (χ3v) is 7.36. The Hall–Kier alpha value is -4.64. The number of carbonyl (C=O) groups is 2. The van der Waals surface area contributed by atoms with Crippen LogP contribution in [0, 0.1) is 19.7 Å². The molecule has 224 valence electrons. The first-order valence-corrected chi connectivity index (χ1v) is 14.3. The van der Waals surface area contributed by atoms with Crippen molar-refractivity contribution in [1.29, 1.82) is 0 Å². The fraction of sp³-hybridized carbons (Fsp3) is 0.250. The summed E-state index contributed by atoms with van der Waals surface area (Å²) >= 11 is 1.18. The Morgan fingerprint density at radius 2 is 1.49 bits per heavy atom. The van der Waals surface area contributed by atoms with Gasteiger partial charge < -0.3 is 24.4 Å². The molecule has 4 rings (SSSR count). The van der Waals surface area contributed by atoms with Crippen molar-refractivity contribution in [2.75, 3.05) is 32.4 Å². The molecule has 0 spiro atoms. The maximum absolute atomic E-state index is 14.1. The van der Waals surface area contributed by atoms with Crippen LogP contribution in [0.1, 0.15) is 28.6 Å². The Balaban J connectivity index is 1.74. The van der Waals surface area contributed by atoms with E-state index in [0.29, 0.717) is 39.2 Å². The molecule has 1 atom stereocenters. The summed E-state index contributed by atoms with van der Waals surface area (Å²) in [5, 5.41) is 3.38. The molecule has 0 saturated heterocycles. The fourth-order valence-electron chi connectivity index (χ4n) is 4.44. The van der Waals surface area contributed by atoms with Crippen molar-refractivity contribution in [3.8, 4) is 17.2 Å². The molecule has 0 radical (unpaired) electrons. The lowest BCUT2D eigenvalue weighted by molar-refractivity contribution is -0.137. The Bertz CT molecular complexity index is 1550. The highest BCUT2D eigenvalue weighted by atomic mass is 32.2. The number of nitrogens with zero attached hydrogens (tertiary/aromatic N) is 3. The summed E-state index contributed by atoms with van der Waals surface area (Å²) in [6.07, 6.45) is 0. The minimum atomic E-state index is -1.07. The Labute approximate surface area is 254 Å². The number of benzene rings is 3. The minimum Gasteiger partial charge on any atom is -0.497 e. The van der Waals surface area contributed by atoms with Gasteiger partial charge in [0.15, 0.2) is 5.16 Å². The van der Waals surface area contributed by atoms with Crippen molar-refractivity contribution in [3.63, 3.8) is 0 Å². The number of nitrogens with one attached hydrogen (secondary N) is 1. The number of aryl methyl sites for hydroxylation is 2. The lowest BCUT2D eigenvalue weighted by atomic mass is 10.0. The van der Waals surface area contributed by atoms with Crippen LogP contribution in [-0.2, 0) is 16.1 Å². The minimum absolute atomic E-state index is 0.0319. The van der Waals surface area contributed by atoms with Gasteiger partial charge in [-0.3, -0.25) is 9.59 Å². The van der Waals surface area contributed by atoms with Gasteiger partial charge in [0.2, 0.25) is 5.91 Å². The lowest BCUT2D eigenvalue weighted by Crippen LogP contribution is -2.41. The Morgan fingerprint density at radius 3 is 2.09 bits per heavy atom. The average Bonchev–Trinajstić information content (AvgIpc) is 3.00. The van der Waals surface area contributed by atoms with Gasteiger partial charge in [-0.1, -0.05) is 36.0 Å². The summed E-state index contributed by atoms with van der Waals surface area (Å²) in [6.45, 7) is 3.76. The number of rotatable bonds is 12. The van der Waals surface area contributed by atoms with Gasteiger partial charge >= 0.3 is 0 Å². The van der Waals surface area contributed by atoms with Gasteiger partial charge in [0.25, 0.3) is 5.91 Å². The summed E-state index contributed by atoms with van der Waals surface area (Å²) < 4.78 is 29.8. The first-order chi connectivity index (χ1) is 20.7. The van der Waals surface area contributed by atoms with Crippen LogP contribution in [0.25, 0.3) is 0 Å². The molecule has 43 heavy (non-hydrogen) atoms. The molecule has 0 aliphatic heterocycles. The standard InChI is InChI=1S/C32H33FN4O5S/c1-20-16-21(2)35-32(34-20)43-19-29(38)37(18-22-6-10-24(33)11-7-22)30(23-8-12-25(40-3)13-9-23)31(39)36-27-15-14-26(41-4)17-28(27)42-5/h6-17,30H,18-19H2,1-5H3,(H,36,39). The van der Waals surface area contributed by atoms with Gasteiger partial charge in [-0.15, -0.1) is 0 Å². The van der Waals surface area contributed by atoms with Crippen molar-refractivity contribution in [1.82, 2.24) is 14.9 Å². The van der Waals surface area contributed by atoms with Crippen molar-refractivity contribution < 1.29 is 28.2 Å². The monoisotopic (exact) mass is 604 g/mol. The number of carbonyl (C=O) groups excluding carboxylic acids is 2. The molecule has 11 heteroatoms. The summed E-state index contributed by atoms with van der Waals surface area (Å²) in [5.41, 5.74) is 3.17. The third kappa shape index (κ3) is 8.23. The second kappa shape index (κ2) is 14.5. The van der Waals surface area contributed by atoms with Gasteiger partial charge in [0.1, 0.15) is 29.1 Å². The lowest BCUT2D eigenvalue weighted by Gasteiger charge is -2.32. The number of hydrogen-bond donors (Lipinski definition) is 1. The van der Waals surface area contributed by atoms with E-state index in [1.807, 2.05) is 19.9 Å². The predicted octanol–water partition coefficient (Wildman–Crippen LogP) is 5.76. The van der Waals surface area contributed by atoms with Crippen molar-refractivity contribution in [2.45, 2.75) is 31.6 Å². The molecule has 1 heterocycles. The zero-order valence-corrected chi connectivity index (χ0v) is 25.4. The molecule has 1 aromatic heterocycles. The molecule has 0 aliphatic rings. The number of thioether (sulfide) groups is 1. The van der Waals surface area contributed by atoms with Crippen molar-refractivity contribution >= 4 is 29.3 Å². The summed E-state index contributed by atoms with van der Waals surface area (Å²) in [6, 6.07) is 18.5. The zero-order valence-electron chi connectivity index (χ0n) is 24.6. The molecule has 0 saturated carbocycles. The fourth-order valence-corrected chi connectivity index (χ4v) is 5.27. The normalized spacial score (nSPS) is 11.4. The van der Waals surface area contributed by atoms with E-state index in [9.17, 15) is 14.0 Å². The number of ether oxygens (including phenoxy) is 3. The van der Waals surface area contributed by atoms with E-state index in [2.05, 4.69) is 15.3 Å². The topological polar surface area (TPSA) is 103 Å². The highest BCUT2D eigenvalue weighted by molar-refractivity contribution is 7.99. The van der Waals surface area contributed by atoms with E-state index in [0.717, 1.165) is 11.4 Å². The number of amides is 2. The predicted molar refractivity (Wildman–Crippen MR) is 163 cm³/mol. The van der Waals surface area contributed by atoms with Crippen LogP contribution < -0.4 is 19.5 Å². The van der Waals surface area contributed by atoms with Crippen LogP contribution in [0.5, 0.6) is 17.2 Å². The molecule has 0 aliphatic carbocycles. The highest BCUT2D eigenvalue weighted by Crippen LogP contribution is 2.33. The van der Waals surface area contributed by atoms with Crippen LogP contribution in [0.15, 0.2) is 78.0 Å². The van der Waals surface area contributed by atoms with Crippen molar-refractivity contribution in [3.05, 3.63) is 101 Å². The zero-order chi connectivity index (χ0) is 30.9. The number of halogens is 1. The van der Waals surface area contributed by atoms with Gasteiger partial charge in [-0.05, 0) is 67.4 Å². The molecule has 4 aromatic rings. The SMILES string of the molecule is COc1ccc(C(C(=O)Nc2ccc(OC)cc2OC)N(Cc2ccc(F)cc2)C(=O)CSc2nc(C)cc(C)n2)cc1. The largest absolute Gasteiger partial charge is 0.497 e. The van der Waals surface area contributed by atoms with Crippen molar-refractivity contribution in [2.24, 2.45) is 0 Å². The van der Waals surface area contributed by atoms with E-state index < -0.39 is 17.8 Å². The Kier molecular flexibility index (Phi) is 10.6. The summed E-state index contributed by atoms with van der Waals surface area (Å²) in [4.78, 5) is 38.4. The van der Waals surface area contributed by atoms with Crippen LogP contribution >= 0.6 is 11.8 Å². The maximum Gasteiger partial charge on any atom is 0.251 e. The van der Waals surface area contributed by atoms with Crippen LogP contribution in [0.4, 0.5) is 10.1 Å². The molecule has 1 unspecified atom stereocenters. The number of methoxy groups -OCH3 is 3. The Morgan fingerprint density at radius 1 is 0.860 bits per heavy atom. The smallest absolute Gasteiger partial charge is 0.251 e. The third-order valence-electron chi connectivity index (χ3n) is 6.53. The second-order valence-electron chi connectivity index (χ2n) is 9.60. The molecule has 1 N–H and O–H groups in total. The summed E-state index contributed by atoms with van der Waals surface area (Å²) in [5.74, 6) is 0.293. The first kappa shape index (κ1) is 31.3. The second-order valence-corrected chi connectivity index (χ2v) is 10.5. The average molecular weight is 605 g/mol. The van der Waals surface area contributed by atoms with Crippen LogP contribution in [0.2, 0.25) is 0 Å². The van der Waals surface area contributed by atoms with Crippen LogP contribution in [-0.4, -0.2) is 53.8 Å².